The predicted molar refractivity (Wildman–Crippen MR) is 66.5 cm³/mol. The zero-order valence-electron chi connectivity index (χ0n) is 10.4. The zero-order valence-corrected chi connectivity index (χ0v) is 10.4. The molecule has 0 atom stereocenters. The number of methoxy groups -OCH3 is 1. The summed E-state index contributed by atoms with van der Waals surface area (Å²) in [6, 6.07) is 6.14. The summed E-state index contributed by atoms with van der Waals surface area (Å²) in [6.45, 7) is 1.64. The molecule has 0 radical (unpaired) electrons. The van der Waals surface area contributed by atoms with Gasteiger partial charge in [-0.3, -0.25) is 10.1 Å². The third-order valence-corrected chi connectivity index (χ3v) is 2.39. The molecule has 1 heterocycles. The number of aryl methyl sites for hydroxylation is 1. The number of nitro benzene ring substituents is 1. The van der Waals surface area contributed by atoms with Crippen LogP contribution in [-0.2, 0) is 0 Å². The van der Waals surface area contributed by atoms with E-state index in [9.17, 15) is 10.1 Å². The standard InChI is InChI=1S/C12H11N3O4/c1-8-7-9(3-4-10(8)15(16)17)19-12-13-6-5-11(14-12)18-2/h3-7H,1-2H3. The largest absolute Gasteiger partial charge is 0.481 e. The zero-order chi connectivity index (χ0) is 13.8. The number of ether oxygens (including phenoxy) is 2. The molecule has 0 unspecified atom stereocenters. The smallest absolute Gasteiger partial charge is 0.325 e. The molecule has 0 spiro atoms. The van der Waals surface area contributed by atoms with E-state index in [1.165, 1.54) is 25.4 Å². The second kappa shape index (κ2) is 5.30. The van der Waals surface area contributed by atoms with Crippen molar-refractivity contribution in [1.82, 2.24) is 9.97 Å². The lowest BCUT2D eigenvalue weighted by Gasteiger charge is -2.05. The first kappa shape index (κ1) is 12.7. The molecule has 19 heavy (non-hydrogen) atoms. The summed E-state index contributed by atoms with van der Waals surface area (Å²) >= 11 is 0. The van der Waals surface area contributed by atoms with Gasteiger partial charge in [-0.05, 0) is 19.1 Å². The monoisotopic (exact) mass is 261 g/mol. The summed E-state index contributed by atoms with van der Waals surface area (Å²) in [4.78, 5) is 18.2. The molecule has 0 N–H and O–H groups in total. The summed E-state index contributed by atoms with van der Waals surface area (Å²) in [5.74, 6) is 0.806. The second-order valence-corrected chi connectivity index (χ2v) is 3.69. The molecule has 1 aromatic carbocycles. The highest BCUT2D eigenvalue weighted by atomic mass is 16.6. The van der Waals surface area contributed by atoms with Gasteiger partial charge in [0.25, 0.3) is 5.69 Å². The fourth-order valence-corrected chi connectivity index (χ4v) is 1.49. The van der Waals surface area contributed by atoms with Crippen LogP contribution in [0.1, 0.15) is 5.56 Å². The molecule has 0 aliphatic heterocycles. The molecule has 2 aromatic rings. The summed E-state index contributed by atoms with van der Waals surface area (Å²) in [5, 5.41) is 10.7. The first-order chi connectivity index (χ1) is 9.10. The third kappa shape index (κ3) is 2.95. The highest BCUT2D eigenvalue weighted by molar-refractivity contribution is 5.44. The molecule has 7 heteroatoms. The molecule has 7 nitrogen and oxygen atoms in total. The maximum atomic E-state index is 10.7. The lowest BCUT2D eigenvalue weighted by molar-refractivity contribution is -0.385. The van der Waals surface area contributed by atoms with E-state index >= 15 is 0 Å². The molecule has 0 saturated carbocycles. The van der Waals surface area contributed by atoms with Crippen molar-refractivity contribution in [2.75, 3.05) is 7.11 Å². The summed E-state index contributed by atoms with van der Waals surface area (Å²) in [5.41, 5.74) is 0.546. The predicted octanol–water partition coefficient (Wildman–Crippen LogP) is 2.49. The molecule has 2 rings (SSSR count). The second-order valence-electron chi connectivity index (χ2n) is 3.69. The van der Waals surface area contributed by atoms with Gasteiger partial charge in [-0.25, -0.2) is 4.98 Å². The number of nitrogens with zero attached hydrogens (tertiary/aromatic N) is 3. The summed E-state index contributed by atoms with van der Waals surface area (Å²) in [7, 11) is 1.49. The van der Waals surface area contributed by atoms with Crippen LogP contribution in [0.5, 0.6) is 17.6 Å². The van der Waals surface area contributed by atoms with Crippen LogP contribution in [0.2, 0.25) is 0 Å². The number of hydrogen-bond acceptors (Lipinski definition) is 6. The van der Waals surface area contributed by atoms with Crippen molar-refractivity contribution < 1.29 is 14.4 Å². The molecule has 98 valence electrons. The quantitative estimate of drug-likeness (QED) is 0.620. The average molecular weight is 261 g/mol. The van der Waals surface area contributed by atoms with Crippen molar-refractivity contribution in [3.63, 3.8) is 0 Å². The minimum Gasteiger partial charge on any atom is -0.481 e. The number of rotatable bonds is 4. The Bertz CT molecular complexity index is 616. The minimum absolute atomic E-state index is 0.0407. The van der Waals surface area contributed by atoms with Crippen molar-refractivity contribution in [1.29, 1.82) is 0 Å². The molecular formula is C12H11N3O4. The van der Waals surface area contributed by atoms with Gasteiger partial charge in [-0.1, -0.05) is 0 Å². The molecular weight excluding hydrogens is 250 g/mol. The Morgan fingerprint density at radius 3 is 2.74 bits per heavy atom. The Balaban J connectivity index is 2.23. The van der Waals surface area contributed by atoms with Gasteiger partial charge in [-0.15, -0.1) is 0 Å². The lowest BCUT2D eigenvalue weighted by Crippen LogP contribution is -1.96. The summed E-state index contributed by atoms with van der Waals surface area (Å²) in [6.07, 6.45) is 1.50. The molecule has 0 aliphatic rings. The maximum Gasteiger partial charge on any atom is 0.325 e. The molecule has 0 bridgehead atoms. The lowest BCUT2D eigenvalue weighted by atomic mass is 10.2. The van der Waals surface area contributed by atoms with Crippen molar-refractivity contribution in [3.8, 4) is 17.6 Å². The molecule has 0 fully saturated rings. The van der Waals surface area contributed by atoms with Gasteiger partial charge in [0.05, 0.1) is 12.0 Å². The maximum absolute atomic E-state index is 10.7. The Morgan fingerprint density at radius 1 is 1.32 bits per heavy atom. The van der Waals surface area contributed by atoms with Crippen LogP contribution in [0.25, 0.3) is 0 Å². The van der Waals surface area contributed by atoms with Crippen molar-refractivity contribution in [2.45, 2.75) is 6.92 Å². The van der Waals surface area contributed by atoms with E-state index in [0.29, 0.717) is 17.2 Å². The number of benzene rings is 1. The Hall–Kier alpha value is -2.70. The highest BCUT2D eigenvalue weighted by Gasteiger charge is 2.11. The first-order valence-corrected chi connectivity index (χ1v) is 5.40. The molecule has 0 aliphatic carbocycles. The van der Waals surface area contributed by atoms with Gasteiger partial charge in [0, 0.05) is 23.9 Å². The Labute approximate surface area is 109 Å². The van der Waals surface area contributed by atoms with Gasteiger partial charge < -0.3 is 9.47 Å². The van der Waals surface area contributed by atoms with Gasteiger partial charge in [0.1, 0.15) is 5.75 Å². The summed E-state index contributed by atoms with van der Waals surface area (Å²) < 4.78 is 10.4. The number of hydrogen-bond donors (Lipinski definition) is 0. The topological polar surface area (TPSA) is 87.4 Å². The van der Waals surface area contributed by atoms with Gasteiger partial charge in [0.15, 0.2) is 0 Å². The molecule has 0 saturated heterocycles. The SMILES string of the molecule is COc1ccnc(Oc2ccc([N+](=O)[O-])c(C)c2)n1. The van der Waals surface area contributed by atoms with E-state index in [1.807, 2.05) is 0 Å². The van der Waals surface area contributed by atoms with Crippen LogP contribution >= 0.6 is 0 Å². The van der Waals surface area contributed by atoms with Crippen molar-refractivity contribution >= 4 is 5.69 Å². The first-order valence-electron chi connectivity index (χ1n) is 5.40. The van der Waals surface area contributed by atoms with Crippen molar-refractivity contribution in [3.05, 3.63) is 46.1 Å². The Morgan fingerprint density at radius 2 is 2.11 bits per heavy atom. The molecule has 0 amide bonds. The van der Waals surface area contributed by atoms with Crippen LogP contribution in [0.3, 0.4) is 0 Å². The van der Waals surface area contributed by atoms with E-state index in [4.69, 9.17) is 9.47 Å². The number of nitro groups is 1. The van der Waals surface area contributed by atoms with E-state index < -0.39 is 4.92 Å². The van der Waals surface area contributed by atoms with Crippen LogP contribution < -0.4 is 9.47 Å². The highest BCUT2D eigenvalue weighted by Crippen LogP contribution is 2.25. The van der Waals surface area contributed by atoms with E-state index in [-0.39, 0.29) is 11.7 Å². The van der Waals surface area contributed by atoms with Crippen LogP contribution in [0.4, 0.5) is 5.69 Å². The van der Waals surface area contributed by atoms with Crippen LogP contribution in [0.15, 0.2) is 30.5 Å². The number of aromatic nitrogens is 2. The fraction of sp³-hybridized carbons (Fsp3) is 0.167. The van der Waals surface area contributed by atoms with Crippen molar-refractivity contribution in [2.24, 2.45) is 0 Å². The van der Waals surface area contributed by atoms with E-state index in [0.717, 1.165) is 0 Å². The van der Waals surface area contributed by atoms with E-state index in [1.54, 1.807) is 19.1 Å². The van der Waals surface area contributed by atoms with Gasteiger partial charge >= 0.3 is 6.01 Å². The van der Waals surface area contributed by atoms with Crippen LogP contribution in [-0.4, -0.2) is 22.0 Å². The van der Waals surface area contributed by atoms with Crippen LogP contribution in [0, 0.1) is 17.0 Å². The van der Waals surface area contributed by atoms with Gasteiger partial charge in [0.2, 0.25) is 5.88 Å². The molecule has 1 aromatic heterocycles. The third-order valence-electron chi connectivity index (χ3n) is 2.39. The Kier molecular flexibility index (Phi) is 3.56. The fourth-order valence-electron chi connectivity index (χ4n) is 1.49. The average Bonchev–Trinajstić information content (AvgIpc) is 2.38. The minimum atomic E-state index is -0.443. The van der Waals surface area contributed by atoms with E-state index in [2.05, 4.69) is 9.97 Å². The normalized spacial score (nSPS) is 10.0. The van der Waals surface area contributed by atoms with Gasteiger partial charge in [-0.2, -0.15) is 4.98 Å².